The zero-order chi connectivity index (χ0) is 22.3. The Hall–Kier alpha value is -2.61. The van der Waals surface area contributed by atoms with Crippen molar-refractivity contribution in [3.63, 3.8) is 0 Å². The van der Waals surface area contributed by atoms with Crippen LogP contribution in [-0.4, -0.2) is 38.8 Å². The number of hydrogen-bond acceptors (Lipinski definition) is 4. The molecule has 0 amide bonds. The third-order valence-electron chi connectivity index (χ3n) is 6.35. The smallest absolute Gasteiger partial charge is 0.252 e. The lowest BCUT2D eigenvalue weighted by molar-refractivity contribution is -0.0431. The summed E-state index contributed by atoms with van der Waals surface area (Å²) < 4.78 is 44.7. The molecule has 1 unspecified atom stereocenters. The topological polar surface area (TPSA) is 46.8 Å². The number of nitrogens with zero attached hydrogens (tertiary/aromatic N) is 5. The number of anilines is 1. The Balaban J connectivity index is 1.51. The molecule has 1 atom stereocenters. The first kappa shape index (κ1) is 21.2. The van der Waals surface area contributed by atoms with Crippen molar-refractivity contribution in [1.82, 2.24) is 19.7 Å². The van der Waals surface area contributed by atoms with Gasteiger partial charge in [-0.05, 0) is 56.0 Å². The second kappa shape index (κ2) is 8.39. The van der Waals surface area contributed by atoms with E-state index in [4.69, 9.17) is 11.6 Å². The van der Waals surface area contributed by atoms with Crippen LogP contribution in [0.1, 0.15) is 32.1 Å². The lowest BCUT2D eigenvalue weighted by Crippen LogP contribution is -2.26. The van der Waals surface area contributed by atoms with Gasteiger partial charge in [-0.2, -0.15) is 0 Å². The summed E-state index contributed by atoms with van der Waals surface area (Å²) in [4.78, 5) is 11.3. The zero-order valence-electron chi connectivity index (χ0n) is 17.4. The minimum absolute atomic E-state index is 0.0384. The molecule has 0 N–H and O–H groups in total. The number of alkyl halides is 2. The highest BCUT2D eigenvalue weighted by Gasteiger charge is 2.44. The molecule has 0 spiro atoms. The Morgan fingerprint density at radius 1 is 1.09 bits per heavy atom. The molecule has 1 saturated carbocycles. The van der Waals surface area contributed by atoms with Gasteiger partial charge in [0, 0.05) is 30.5 Å². The molecule has 2 fully saturated rings. The van der Waals surface area contributed by atoms with Gasteiger partial charge in [-0.1, -0.05) is 11.6 Å². The predicted molar refractivity (Wildman–Crippen MR) is 117 cm³/mol. The van der Waals surface area contributed by atoms with Crippen molar-refractivity contribution in [1.29, 1.82) is 0 Å². The summed E-state index contributed by atoms with van der Waals surface area (Å²) in [6.07, 6.45) is 4.82. The Bertz CT molecular complexity index is 1110. The number of rotatable bonds is 5. The second-order valence-corrected chi connectivity index (χ2v) is 8.95. The first-order valence-corrected chi connectivity index (χ1v) is 11.3. The summed E-state index contributed by atoms with van der Waals surface area (Å²) in [6.45, 7) is 1.97. The normalized spacial score (nSPS) is 20.2. The summed E-state index contributed by atoms with van der Waals surface area (Å²) in [5.74, 6) is -3.73. The highest BCUT2D eigenvalue weighted by Crippen LogP contribution is 2.41. The third-order valence-corrected chi connectivity index (χ3v) is 6.58. The van der Waals surface area contributed by atoms with E-state index in [9.17, 15) is 13.2 Å². The average Bonchev–Trinajstić information content (AvgIpc) is 3.50. The maximum absolute atomic E-state index is 14.7. The van der Waals surface area contributed by atoms with E-state index >= 15 is 0 Å². The summed E-state index contributed by atoms with van der Waals surface area (Å²) in [5, 5.41) is 4.72. The second-order valence-electron chi connectivity index (χ2n) is 8.51. The summed E-state index contributed by atoms with van der Waals surface area (Å²) in [5.41, 5.74) is 1.71. The van der Waals surface area contributed by atoms with Gasteiger partial charge in [0.2, 0.25) is 0 Å². The molecule has 0 radical (unpaired) electrons. The van der Waals surface area contributed by atoms with E-state index in [-0.39, 0.29) is 35.2 Å². The molecule has 32 heavy (non-hydrogen) atoms. The standard InChI is InChI=1S/C23H23ClF3N5/c24-16-5-7-18(19(25)12-16)22-29-21(30-32(22)14-15-4-3-9-23(15,26)27)20-8-6-17(13-28-20)31-10-1-2-11-31/h5-8,12-13,15H,1-4,9-11,14H2. The fourth-order valence-corrected chi connectivity index (χ4v) is 4.72. The van der Waals surface area contributed by atoms with E-state index in [1.54, 1.807) is 12.3 Å². The molecule has 5 rings (SSSR count). The van der Waals surface area contributed by atoms with Crippen LogP contribution in [0, 0.1) is 11.7 Å². The SMILES string of the molecule is Fc1cc(Cl)ccc1-c1nc(-c2ccc(N3CCCC3)cn2)nn1CC1CCCC1(F)F. The quantitative estimate of drug-likeness (QED) is 0.479. The van der Waals surface area contributed by atoms with Gasteiger partial charge in [0.15, 0.2) is 11.6 Å². The van der Waals surface area contributed by atoms with Gasteiger partial charge in [0.25, 0.3) is 5.92 Å². The fraction of sp³-hybridized carbons (Fsp3) is 0.435. The van der Waals surface area contributed by atoms with Gasteiger partial charge >= 0.3 is 0 Å². The van der Waals surface area contributed by atoms with Crippen molar-refractivity contribution >= 4 is 17.3 Å². The van der Waals surface area contributed by atoms with Crippen LogP contribution >= 0.6 is 11.6 Å². The molecule has 0 bridgehead atoms. The van der Waals surface area contributed by atoms with Crippen molar-refractivity contribution in [2.24, 2.45) is 5.92 Å². The van der Waals surface area contributed by atoms with Crippen LogP contribution in [0.4, 0.5) is 18.9 Å². The molecule has 1 aromatic carbocycles. The lowest BCUT2D eigenvalue weighted by atomic mass is 10.1. The van der Waals surface area contributed by atoms with Gasteiger partial charge < -0.3 is 4.90 Å². The Morgan fingerprint density at radius 2 is 1.91 bits per heavy atom. The molecule has 2 aliphatic rings. The van der Waals surface area contributed by atoms with Gasteiger partial charge in [-0.25, -0.2) is 22.8 Å². The summed E-state index contributed by atoms with van der Waals surface area (Å²) >= 11 is 5.89. The molecular weight excluding hydrogens is 439 g/mol. The molecule has 1 aliphatic carbocycles. The molecule has 1 saturated heterocycles. The maximum atomic E-state index is 14.7. The van der Waals surface area contributed by atoms with E-state index in [1.165, 1.54) is 16.8 Å². The fourth-order valence-electron chi connectivity index (χ4n) is 4.56. The average molecular weight is 462 g/mol. The number of pyridine rings is 1. The lowest BCUT2D eigenvalue weighted by Gasteiger charge is -2.19. The van der Waals surface area contributed by atoms with Crippen LogP contribution in [0.2, 0.25) is 5.02 Å². The molecule has 2 aromatic heterocycles. The molecule has 1 aliphatic heterocycles. The number of halogens is 4. The van der Waals surface area contributed by atoms with Crippen LogP contribution < -0.4 is 4.90 Å². The van der Waals surface area contributed by atoms with E-state index in [0.29, 0.717) is 18.5 Å². The van der Waals surface area contributed by atoms with Gasteiger partial charge in [-0.3, -0.25) is 4.98 Å². The van der Waals surface area contributed by atoms with E-state index in [2.05, 4.69) is 20.0 Å². The number of benzene rings is 1. The number of aromatic nitrogens is 4. The van der Waals surface area contributed by atoms with Crippen molar-refractivity contribution in [2.45, 2.75) is 44.6 Å². The monoisotopic (exact) mass is 461 g/mol. The van der Waals surface area contributed by atoms with E-state index in [1.807, 2.05) is 12.1 Å². The zero-order valence-corrected chi connectivity index (χ0v) is 18.2. The highest BCUT2D eigenvalue weighted by molar-refractivity contribution is 6.30. The third kappa shape index (κ3) is 4.08. The summed E-state index contributed by atoms with van der Waals surface area (Å²) in [7, 11) is 0. The minimum Gasteiger partial charge on any atom is -0.370 e. The van der Waals surface area contributed by atoms with Crippen molar-refractivity contribution < 1.29 is 13.2 Å². The first-order chi connectivity index (χ1) is 15.4. The maximum Gasteiger partial charge on any atom is 0.252 e. The Morgan fingerprint density at radius 3 is 2.56 bits per heavy atom. The summed E-state index contributed by atoms with van der Waals surface area (Å²) in [6, 6.07) is 8.01. The Kier molecular flexibility index (Phi) is 5.57. The van der Waals surface area contributed by atoms with Crippen LogP contribution in [0.5, 0.6) is 0 Å². The van der Waals surface area contributed by atoms with Crippen molar-refractivity contribution in [3.8, 4) is 22.9 Å². The van der Waals surface area contributed by atoms with Crippen LogP contribution in [-0.2, 0) is 6.54 Å². The van der Waals surface area contributed by atoms with E-state index < -0.39 is 17.7 Å². The minimum atomic E-state index is -2.77. The largest absolute Gasteiger partial charge is 0.370 e. The predicted octanol–water partition coefficient (Wildman–Crippen LogP) is 5.84. The molecule has 168 valence electrons. The van der Waals surface area contributed by atoms with Crippen molar-refractivity contribution in [3.05, 3.63) is 47.4 Å². The van der Waals surface area contributed by atoms with Crippen molar-refractivity contribution in [2.75, 3.05) is 18.0 Å². The molecule has 5 nitrogen and oxygen atoms in total. The van der Waals surface area contributed by atoms with Gasteiger partial charge in [0.1, 0.15) is 11.5 Å². The van der Waals surface area contributed by atoms with E-state index in [0.717, 1.165) is 31.6 Å². The molecule has 3 aromatic rings. The van der Waals surface area contributed by atoms with Crippen LogP contribution in [0.15, 0.2) is 36.5 Å². The first-order valence-electron chi connectivity index (χ1n) is 10.9. The highest BCUT2D eigenvalue weighted by atomic mass is 35.5. The van der Waals surface area contributed by atoms with Crippen LogP contribution in [0.25, 0.3) is 22.9 Å². The van der Waals surface area contributed by atoms with Gasteiger partial charge in [-0.15, -0.1) is 5.10 Å². The molecular formula is C23H23ClF3N5. The molecule has 3 heterocycles. The molecule has 9 heteroatoms. The van der Waals surface area contributed by atoms with Crippen LogP contribution in [0.3, 0.4) is 0 Å². The number of hydrogen-bond donors (Lipinski definition) is 0. The Labute approximate surface area is 189 Å². The van der Waals surface area contributed by atoms with Gasteiger partial charge in [0.05, 0.1) is 24.0 Å².